The minimum absolute atomic E-state index is 0.214. The van der Waals surface area contributed by atoms with Crippen molar-refractivity contribution < 1.29 is 22.3 Å². The average Bonchev–Trinajstić information content (AvgIpc) is 2.84. The molecule has 0 aliphatic carbocycles. The number of hydrogen-bond donors (Lipinski definition) is 0. The summed E-state index contributed by atoms with van der Waals surface area (Å²) in [4.78, 5) is 0. The summed E-state index contributed by atoms with van der Waals surface area (Å²) in [5.74, 6) is 4.79. The van der Waals surface area contributed by atoms with Gasteiger partial charge in [-0.15, -0.1) is 13.2 Å². The lowest BCUT2D eigenvalue weighted by molar-refractivity contribution is -0.274. The largest absolute Gasteiger partial charge is 0.573 e. The summed E-state index contributed by atoms with van der Waals surface area (Å²) in [6.45, 7) is 2.01. The fraction of sp³-hybridized carbons (Fsp3) is 0.133. The lowest BCUT2D eigenvalue weighted by atomic mass is 9.98. The van der Waals surface area contributed by atoms with E-state index in [0.29, 0.717) is 10.9 Å². The zero-order valence-corrected chi connectivity index (χ0v) is 19.0. The minimum Gasteiger partial charge on any atom is -0.406 e. The van der Waals surface area contributed by atoms with Crippen molar-refractivity contribution in [2.24, 2.45) is 0 Å². The molecule has 0 unspecified atom stereocenters. The average molecular weight is 474 g/mol. The van der Waals surface area contributed by atoms with Crippen molar-refractivity contribution in [2.45, 2.75) is 26.1 Å². The third-order valence-electron chi connectivity index (χ3n) is 5.51. The number of ether oxygens (including phenoxy) is 1. The molecule has 0 aliphatic heterocycles. The van der Waals surface area contributed by atoms with Crippen molar-refractivity contribution in [1.82, 2.24) is 0 Å². The Balaban J connectivity index is 1.53. The molecule has 0 aromatic heterocycles. The Bertz CT molecular complexity index is 1400. The molecule has 0 fully saturated rings. The summed E-state index contributed by atoms with van der Waals surface area (Å²) >= 11 is 0. The summed E-state index contributed by atoms with van der Waals surface area (Å²) in [5.41, 5.74) is 3.99. The van der Waals surface area contributed by atoms with E-state index < -0.39 is 12.2 Å². The second-order valence-corrected chi connectivity index (χ2v) is 7.99. The van der Waals surface area contributed by atoms with Gasteiger partial charge in [-0.25, -0.2) is 4.39 Å². The maximum absolute atomic E-state index is 15.1. The van der Waals surface area contributed by atoms with Gasteiger partial charge in [0.15, 0.2) is 0 Å². The molecule has 4 aromatic rings. The first-order valence-electron chi connectivity index (χ1n) is 11.1. The van der Waals surface area contributed by atoms with Crippen LogP contribution in [0.5, 0.6) is 5.75 Å². The molecule has 1 nitrogen and oxygen atoms in total. The molecule has 0 amide bonds. The molecule has 4 aromatic carbocycles. The fourth-order valence-corrected chi connectivity index (χ4v) is 3.73. The molecule has 0 aliphatic rings. The number of fused-ring (bicyclic) bond motifs is 1. The Morgan fingerprint density at radius 2 is 1.54 bits per heavy atom. The number of aryl methyl sites for hydroxylation is 1. The standard InChI is InChI=1S/C30H22F4O/c1-2-3-4-5-21-6-11-23(12-7-21)25-16-19-28-26(20-25)15-14-24(29(28)31)13-8-22-9-17-27(18-10-22)35-30(32,33)34/h2-3,6-7,9-12,14-20H,4-5H2,1H3/b3-2+. The maximum atomic E-state index is 15.1. The van der Waals surface area contributed by atoms with Gasteiger partial charge in [-0.3, -0.25) is 0 Å². The first kappa shape index (κ1) is 24.1. The van der Waals surface area contributed by atoms with Gasteiger partial charge < -0.3 is 4.74 Å². The molecular weight excluding hydrogens is 452 g/mol. The highest BCUT2D eigenvalue weighted by molar-refractivity contribution is 5.89. The van der Waals surface area contributed by atoms with Crippen LogP contribution in [-0.2, 0) is 6.42 Å². The summed E-state index contributed by atoms with van der Waals surface area (Å²) in [7, 11) is 0. The molecule has 0 saturated heterocycles. The van der Waals surface area contributed by atoms with Gasteiger partial charge in [0.1, 0.15) is 11.6 Å². The maximum Gasteiger partial charge on any atom is 0.573 e. The smallest absolute Gasteiger partial charge is 0.406 e. The molecule has 176 valence electrons. The van der Waals surface area contributed by atoms with Gasteiger partial charge in [0.05, 0.1) is 5.56 Å². The minimum atomic E-state index is -4.75. The summed E-state index contributed by atoms with van der Waals surface area (Å²) in [6.07, 6.45) is 1.44. The highest BCUT2D eigenvalue weighted by atomic mass is 19.4. The molecule has 0 radical (unpaired) electrons. The first-order valence-corrected chi connectivity index (χ1v) is 11.1. The van der Waals surface area contributed by atoms with Gasteiger partial charge >= 0.3 is 6.36 Å². The molecule has 5 heteroatoms. The van der Waals surface area contributed by atoms with Gasteiger partial charge in [-0.1, -0.05) is 66.5 Å². The lowest BCUT2D eigenvalue weighted by Crippen LogP contribution is -2.16. The Morgan fingerprint density at radius 1 is 0.829 bits per heavy atom. The van der Waals surface area contributed by atoms with Gasteiger partial charge in [0.2, 0.25) is 0 Å². The number of benzene rings is 4. The summed E-state index contributed by atoms with van der Waals surface area (Å²) < 4.78 is 55.8. The van der Waals surface area contributed by atoms with Crippen LogP contribution < -0.4 is 4.74 Å². The van der Waals surface area contributed by atoms with Crippen LogP contribution in [0.2, 0.25) is 0 Å². The SMILES string of the molecule is C/C=C/CCc1ccc(-c2ccc3c(F)c(C#Cc4ccc(OC(F)(F)F)cc4)ccc3c2)cc1. The van der Waals surface area contributed by atoms with E-state index >= 15 is 4.39 Å². The Morgan fingerprint density at radius 3 is 2.23 bits per heavy atom. The molecule has 35 heavy (non-hydrogen) atoms. The zero-order valence-electron chi connectivity index (χ0n) is 19.0. The van der Waals surface area contributed by atoms with Crippen LogP contribution >= 0.6 is 0 Å². The fourth-order valence-electron chi connectivity index (χ4n) is 3.73. The predicted molar refractivity (Wildman–Crippen MR) is 132 cm³/mol. The topological polar surface area (TPSA) is 9.23 Å². The van der Waals surface area contributed by atoms with Crippen molar-refractivity contribution >= 4 is 10.8 Å². The van der Waals surface area contributed by atoms with Crippen molar-refractivity contribution in [2.75, 3.05) is 0 Å². The van der Waals surface area contributed by atoms with Gasteiger partial charge in [0, 0.05) is 10.9 Å². The molecule has 0 saturated carbocycles. The van der Waals surface area contributed by atoms with Crippen molar-refractivity contribution in [3.8, 4) is 28.7 Å². The number of hydrogen-bond acceptors (Lipinski definition) is 1. The number of halogens is 4. The van der Waals surface area contributed by atoms with E-state index in [1.54, 1.807) is 12.1 Å². The Labute approximate surface area is 201 Å². The normalized spacial score (nSPS) is 11.5. The quantitative estimate of drug-likeness (QED) is 0.160. The Hall–Kier alpha value is -4.04. The van der Waals surface area contributed by atoms with E-state index in [1.807, 2.05) is 31.2 Å². The van der Waals surface area contributed by atoms with Gasteiger partial charge in [-0.2, -0.15) is 0 Å². The van der Waals surface area contributed by atoms with Crippen LogP contribution in [0, 0.1) is 17.7 Å². The molecule has 0 bridgehead atoms. The summed E-state index contributed by atoms with van der Waals surface area (Å²) in [5, 5.41) is 1.22. The lowest BCUT2D eigenvalue weighted by Gasteiger charge is -2.08. The molecule has 0 atom stereocenters. The predicted octanol–water partition coefficient (Wildman–Crippen LogP) is 8.45. The monoisotopic (exact) mass is 474 g/mol. The van der Waals surface area contributed by atoms with E-state index in [1.165, 1.54) is 29.8 Å². The molecule has 0 spiro atoms. The van der Waals surface area contributed by atoms with Crippen LogP contribution in [-0.4, -0.2) is 6.36 Å². The van der Waals surface area contributed by atoms with Crippen LogP contribution in [0.1, 0.15) is 30.0 Å². The van der Waals surface area contributed by atoms with E-state index in [0.717, 1.165) is 29.4 Å². The van der Waals surface area contributed by atoms with Crippen molar-refractivity contribution in [3.63, 3.8) is 0 Å². The van der Waals surface area contributed by atoms with Crippen molar-refractivity contribution in [1.29, 1.82) is 0 Å². The van der Waals surface area contributed by atoms with E-state index in [4.69, 9.17) is 0 Å². The molecular formula is C30H22F4O. The highest BCUT2D eigenvalue weighted by Crippen LogP contribution is 2.28. The second kappa shape index (κ2) is 10.5. The molecule has 4 rings (SSSR count). The molecule has 0 N–H and O–H groups in total. The second-order valence-electron chi connectivity index (χ2n) is 7.99. The third-order valence-corrected chi connectivity index (χ3v) is 5.51. The number of alkyl halides is 3. The van der Waals surface area contributed by atoms with Crippen LogP contribution in [0.3, 0.4) is 0 Å². The van der Waals surface area contributed by atoms with Gasteiger partial charge in [0.25, 0.3) is 0 Å². The van der Waals surface area contributed by atoms with Crippen LogP contribution in [0.25, 0.3) is 21.9 Å². The van der Waals surface area contributed by atoms with E-state index in [2.05, 4.69) is 46.9 Å². The molecule has 0 heterocycles. The van der Waals surface area contributed by atoms with E-state index in [-0.39, 0.29) is 11.3 Å². The third kappa shape index (κ3) is 6.30. The number of rotatable bonds is 5. The van der Waals surface area contributed by atoms with Crippen molar-refractivity contribution in [3.05, 3.63) is 114 Å². The summed E-state index contributed by atoms with van der Waals surface area (Å²) in [6, 6.07) is 22.5. The Kier molecular flexibility index (Phi) is 7.22. The van der Waals surface area contributed by atoms with Gasteiger partial charge in [-0.05, 0) is 78.2 Å². The zero-order chi connectivity index (χ0) is 24.8. The number of allylic oxidation sites excluding steroid dienone is 2. The van der Waals surface area contributed by atoms with Crippen LogP contribution in [0.15, 0.2) is 91.0 Å². The first-order chi connectivity index (χ1) is 16.8. The van der Waals surface area contributed by atoms with E-state index in [9.17, 15) is 13.2 Å². The highest BCUT2D eigenvalue weighted by Gasteiger charge is 2.30. The van der Waals surface area contributed by atoms with Crippen LogP contribution in [0.4, 0.5) is 17.6 Å².